The van der Waals surface area contributed by atoms with Gasteiger partial charge < -0.3 is 37.4 Å². The minimum atomic E-state index is -3.46. The Kier molecular flexibility index (Phi) is 22.7. The summed E-state index contributed by atoms with van der Waals surface area (Å²) >= 11 is 5.59. The molecule has 0 radical (unpaired) electrons. The smallest absolute Gasteiger partial charge is 0.232 e. The Morgan fingerprint density at radius 2 is 0.943 bits per heavy atom. The standard InChI is InChI=1S/C22H24ClN3O4S.C21H23N3O4S.C21H23N3O3S/c1-29-12-11-26-21-14-18(30-2)8-9-19(21)20(15-24)22(26)16-4-6-17(7-5-16)25-31(27,28)13-3-10-23;1-4-29(25,26)23-16-7-5-15(6-8-16)21-19(14-22)18-10-9-17(28-3)13-20(18)24(21)11-12-27-2;1-5-24-20-12-17(27-3)9-10-18(20)19(13-22)21(24)16-8-6-7-15(11-16)14-23(2)28(4,25)26/h4-9,14,25H,3,10-13H2,1-2H3;5-10,13,23H,4,11-12H2,1-3H3;6-12H,5,14H2,1-4H3. The van der Waals surface area contributed by atoms with Crippen LogP contribution in [0.25, 0.3) is 66.5 Å². The van der Waals surface area contributed by atoms with Crippen molar-refractivity contribution < 1.29 is 48.9 Å². The van der Waals surface area contributed by atoms with Gasteiger partial charge >= 0.3 is 0 Å². The second-order valence-electron chi connectivity index (χ2n) is 20.0. The number of nitrogens with zero attached hydrogens (tertiary/aromatic N) is 7. The Hall–Kier alpha value is -8.57. The number of halogens is 1. The summed E-state index contributed by atoms with van der Waals surface area (Å²) in [5.41, 5.74) is 11.0. The van der Waals surface area contributed by atoms with Crippen LogP contribution in [0.1, 0.15) is 42.5 Å². The van der Waals surface area contributed by atoms with Crippen molar-refractivity contribution in [2.75, 3.05) is 88.9 Å². The molecule has 0 spiro atoms. The number of rotatable bonds is 24. The van der Waals surface area contributed by atoms with Crippen LogP contribution in [-0.4, -0.2) is 123 Å². The van der Waals surface area contributed by atoms with Crippen molar-refractivity contribution in [3.63, 3.8) is 0 Å². The number of hydrogen-bond donors (Lipinski definition) is 2. The van der Waals surface area contributed by atoms with Crippen molar-refractivity contribution in [1.29, 1.82) is 15.8 Å². The van der Waals surface area contributed by atoms with Crippen molar-refractivity contribution in [3.05, 3.63) is 150 Å². The van der Waals surface area contributed by atoms with Crippen LogP contribution >= 0.6 is 11.6 Å². The molecule has 24 heteroatoms. The van der Waals surface area contributed by atoms with Crippen LogP contribution in [0, 0.1) is 34.0 Å². The van der Waals surface area contributed by atoms with Crippen LogP contribution in [0.5, 0.6) is 17.2 Å². The predicted octanol–water partition coefficient (Wildman–Crippen LogP) is 11.4. The summed E-state index contributed by atoms with van der Waals surface area (Å²) in [5, 5.41) is 32.1. The fourth-order valence-corrected chi connectivity index (χ4v) is 12.5. The lowest BCUT2D eigenvalue weighted by atomic mass is 10.0. The van der Waals surface area contributed by atoms with E-state index in [1.807, 2.05) is 107 Å². The zero-order valence-corrected chi connectivity index (χ0v) is 53.6. The van der Waals surface area contributed by atoms with Crippen molar-refractivity contribution >= 4 is 85.8 Å². The maximum Gasteiger partial charge on any atom is 0.232 e. The number of alkyl halides is 1. The third-order valence-electron chi connectivity index (χ3n) is 14.5. The lowest BCUT2D eigenvalue weighted by Crippen LogP contribution is -2.24. The zero-order chi connectivity index (χ0) is 63.9. The molecule has 0 fully saturated rings. The average molecular weight is 1270 g/mol. The summed E-state index contributed by atoms with van der Waals surface area (Å²) in [6.07, 6.45) is 1.57. The van der Waals surface area contributed by atoms with E-state index in [0.717, 1.165) is 77.8 Å². The first-order chi connectivity index (χ1) is 42.2. The van der Waals surface area contributed by atoms with Gasteiger partial charge in [0, 0.05) is 99.1 Å². The summed E-state index contributed by atoms with van der Waals surface area (Å²) in [4.78, 5) is 0. The summed E-state index contributed by atoms with van der Waals surface area (Å²) in [7, 11) is -0.444. The number of aryl methyl sites for hydroxylation is 1. The molecule has 0 unspecified atom stereocenters. The molecule has 88 heavy (non-hydrogen) atoms. The van der Waals surface area contributed by atoms with Gasteiger partial charge in [-0.15, -0.1) is 11.6 Å². The van der Waals surface area contributed by atoms with Gasteiger partial charge in [0.25, 0.3) is 0 Å². The van der Waals surface area contributed by atoms with E-state index in [1.54, 1.807) is 85.9 Å². The van der Waals surface area contributed by atoms with E-state index in [0.29, 0.717) is 78.8 Å². The van der Waals surface area contributed by atoms with Crippen LogP contribution < -0.4 is 23.7 Å². The van der Waals surface area contributed by atoms with Gasteiger partial charge in [0.1, 0.15) is 35.5 Å². The Morgan fingerprint density at radius 1 is 0.534 bits per heavy atom. The first-order valence-corrected chi connectivity index (χ1v) is 33.4. The van der Waals surface area contributed by atoms with Gasteiger partial charge in [0.05, 0.1) is 103 Å². The van der Waals surface area contributed by atoms with E-state index in [9.17, 15) is 41.0 Å². The average Bonchev–Trinajstić information content (AvgIpc) is 1.77. The summed E-state index contributed by atoms with van der Waals surface area (Å²) in [5.74, 6) is 2.38. The number of aromatic nitrogens is 3. The van der Waals surface area contributed by atoms with Crippen LogP contribution in [-0.2, 0) is 65.7 Å². The first-order valence-electron chi connectivity index (χ1n) is 27.7. The number of benzene rings is 6. The van der Waals surface area contributed by atoms with Crippen LogP contribution in [0.2, 0.25) is 0 Å². The maximum absolute atomic E-state index is 12.1. The van der Waals surface area contributed by atoms with Gasteiger partial charge in [-0.05, 0) is 109 Å². The fourth-order valence-electron chi connectivity index (χ4n) is 10.1. The Labute approximate surface area is 519 Å². The highest BCUT2D eigenvalue weighted by Gasteiger charge is 2.23. The second kappa shape index (κ2) is 29.9. The molecule has 462 valence electrons. The zero-order valence-electron chi connectivity index (χ0n) is 50.4. The molecule has 0 saturated heterocycles. The molecular weight excluding hydrogens is 1200 g/mol. The molecule has 0 saturated carbocycles. The molecule has 3 aromatic heterocycles. The molecule has 9 rings (SSSR count). The highest BCUT2D eigenvalue weighted by atomic mass is 35.5. The lowest BCUT2D eigenvalue weighted by molar-refractivity contribution is 0.189. The van der Waals surface area contributed by atoms with Gasteiger partial charge in [-0.1, -0.05) is 42.5 Å². The number of anilines is 2. The quantitative estimate of drug-likeness (QED) is 0.0533. The number of ether oxygens (including phenoxy) is 5. The van der Waals surface area contributed by atoms with Crippen LogP contribution in [0.4, 0.5) is 11.4 Å². The number of nitrogens with one attached hydrogen (secondary N) is 2. The Morgan fingerprint density at radius 3 is 1.31 bits per heavy atom. The number of fused-ring (bicyclic) bond motifs is 3. The number of nitriles is 3. The number of methoxy groups -OCH3 is 5. The van der Waals surface area contributed by atoms with Gasteiger partial charge in [0.2, 0.25) is 30.1 Å². The third-order valence-corrected chi connectivity index (χ3v) is 18.7. The van der Waals surface area contributed by atoms with Gasteiger partial charge in [-0.3, -0.25) is 9.44 Å². The number of hydrogen-bond acceptors (Lipinski definition) is 14. The monoisotopic (exact) mass is 1270 g/mol. The number of sulfonamides is 3. The molecule has 3 heterocycles. The molecule has 6 aromatic carbocycles. The Balaban J connectivity index is 0.000000189. The van der Waals surface area contributed by atoms with Crippen molar-refractivity contribution in [2.24, 2.45) is 0 Å². The minimum absolute atomic E-state index is 0.000419. The minimum Gasteiger partial charge on any atom is -0.497 e. The van der Waals surface area contributed by atoms with E-state index >= 15 is 0 Å². The molecule has 20 nitrogen and oxygen atoms in total. The van der Waals surface area contributed by atoms with Gasteiger partial charge in [0.15, 0.2) is 0 Å². The van der Waals surface area contributed by atoms with E-state index in [1.165, 1.54) is 10.6 Å². The summed E-state index contributed by atoms with van der Waals surface area (Å²) < 4.78 is 110. The highest BCUT2D eigenvalue weighted by Crippen LogP contribution is 2.39. The SMILES string of the molecule is CCS(=O)(=O)Nc1ccc(-c2c(C#N)c3ccc(OC)cc3n2CCOC)cc1.CCn1c(-c2cccc(CN(C)S(C)(=O)=O)c2)c(C#N)c2ccc(OC)cc21.COCCn1c(-c2ccc(NS(=O)(=O)CCCCl)cc2)c(C#N)c2ccc(OC)cc21. The lowest BCUT2D eigenvalue weighted by Gasteiger charge is -2.15. The normalized spacial score (nSPS) is 11.5. The Bertz CT molecular complexity index is 4430. The van der Waals surface area contributed by atoms with E-state index < -0.39 is 30.1 Å². The molecule has 0 amide bonds. The summed E-state index contributed by atoms with van der Waals surface area (Å²) in [6, 6.07) is 45.5. The van der Waals surface area contributed by atoms with Gasteiger partial charge in [-0.25, -0.2) is 29.6 Å². The fraction of sp³-hybridized carbons (Fsp3) is 0.297. The molecule has 0 bridgehead atoms. The molecule has 0 aliphatic heterocycles. The van der Waals surface area contributed by atoms with Crippen molar-refractivity contribution in [1.82, 2.24) is 18.0 Å². The predicted molar refractivity (Wildman–Crippen MR) is 347 cm³/mol. The van der Waals surface area contributed by atoms with E-state index in [2.05, 4.69) is 32.2 Å². The van der Waals surface area contributed by atoms with Crippen molar-refractivity contribution in [3.8, 4) is 69.2 Å². The van der Waals surface area contributed by atoms with E-state index in [-0.39, 0.29) is 23.9 Å². The largest absolute Gasteiger partial charge is 0.497 e. The topological polar surface area (TPSA) is 262 Å². The molecular formula is C64H70ClN9O11S3. The van der Waals surface area contributed by atoms with Crippen LogP contribution in [0.3, 0.4) is 0 Å². The second-order valence-corrected chi connectivity index (χ2v) is 26.4. The maximum atomic E-state index is 12.1. The summed E-state index contributed by atoms with van der Waals surface area (Å²) in [6.45, 7) is 6.63. The third kappa shape index (κ3) is 15.6. The highest BCUT2D eigenvalue weighted by molar-refractivity contribution is 7.93. The molecule has 0 aliphatic carbocycles. The molecule has 0 atom stereocenters. The molecule has 9 aromatic rings. The van der Waals surface area contributed by atoms with Gasteiger partial charge in [-0.2, -0.15) is 15.8 Å². The molecule has 0 aliphatic rings. The molecule has 2 N–H and O–H groups in total. The van der Waals surface area contributed by atoms with Crippen LogP contribution in [0.15, 0.2) is 127 Å². The van der Waals surface area contributed by atoms with Crippen molar-refractivity contribution in [2.45, 2.75) is 46.4 Å². The first kappa shape index (κ1) is 66.9. The van der Waals surface area contributed by atoms with E-state index in [4.69, 9.17) is 35.3 Å².